The highest BCUT2D eigenvalue weighted by Gasteiger charge is 2.34. The first-order valence-electron chi connectivity index (χ1n) is 14.2. The van der Waals surface area contributed by atoms with Gasteiger partial charge >= 0.3 is 11.9 Å². The number of rotatable bonds is 21. The number of carbonyl (C=O) groups is 2. The summed E-state index contributed by atoms with van der Waals surface area (Å²) in [4.78, 5) is 40.9. The molecular weight excluding hydrogens is 492 g/mol. The highest BCUT2D eigenvalue weighted by molar-refractivity contribution is 5.87. The van der Waals surface area contributed by atoms with E-state index < -0.39 is 24.1 Å². The van der Waals surface area contributed by atoms with Crippen molar-refractivity contribution in [2.24, 2.45) is 21.5 Å². The van der Waals surface area contributed by atoms with E-state index >= 15 is 0 Å². The van der Waals surface area contributed by atoms with Crippen molar-refractivity contribution in [1.82, 2.24) is 11.0 Å². The van der Waals surface area contributed by atoms with Gasteiger partial charge in [0.1, 0.15) is 0 Å². The minimum atomic E-state index is -2.22. The number of hydrogen-bond donors (Lipinski definition) is 6. The summed E-state index contributed by atoms with van der Waals surface area (Å²) in [6.45, 7) is 5.29. The fourth-order valence-electron chi connectivity index (χ4n) is 3.54. The number of aliphatic hydroxyl groups is 2. The molecule has 2 unspecified atom stereocenters. The highest BCUT2D eigenvalue weighted by atomic mass is 16.7. The van der Waals surface area contributed by atoms with E-state index in [1.807, 2.05) is 0 Å². The topological polar surface area (TPSA) is 194 Å². The van der Waals surface area contributed by atoms with Gasteiger partial charge in [-0.3, -0.25) is 9.98 Å². The second kappa shape index (κ2) is 24.7. The summed E-state index contributed by atoms with van der Waals surface area (Å²) in [5.41, 5.74) is 15.4. The van der Waals surface area contributed by atoms with Gasteiger partial charge in [0.05, 0.1) is 0 Å². The number of guanidine groups is 2. The van der Waals surface area contributed by atoms with Gasteiger partial charge in [0.2, 0.25) is 11.9 Å². The molecule has 0 saturated heterocycles. The maximum absolute atomic E-state index is 11.9. The van der Waals surface area contributed by atoms with Crippen LogP contribution >= 0.6 is 0 Å². The predicted molar refractivity (Wildman–Crippen MR) is 149 cm³/mol. The van der Waals surface area contributed by atoms with Crippen molar-refractivity contribution in [3.05, 3.63) is 0 Å². The van der Waals surface area contributed by atoms with Gasteiger partial charge in [0, 0.05) is 13.1 Å². The molecule has 222 valence electrons. The predicted octanol–water partition coefficient (Wildman–Crippen LogP) is 2.71. The minimum absolute atomic E-state index is 0.160. The zero-order chi connectivity index (χ0) is 28.4. The van der Waals surface area contributed by atoms with E-state index in [0.29, 0.717) is 13.1 Å². The van der Waals surface area contributed by atoms with Gasteiger partial charge < -0.3 is 31.4 Å². The average molecular weight is 545 g/mol. The van der Waals surface area contributed by atoms with Crippen LogP contribution in [0.15, 0.2) is 9.98 Å². The normalized spacial score (nSPS) is 13.6. The van der Waals surface area contributed by atoms with Crippen LogP contribution in [0.5, 0.6) is 0 Å². The molecular formula is C26H52N6O6. The molecule has 12 heteroatoms. The number of nitrogens with zero attached hydrogens (tertiary/aromatic N) is 2. The molecule has 0 heterocycles. The molecule has 0 aromatic carbocycles. The van der Waals surface area contributed by atoms with E-state index in [-0.39, 0.29) is 11.9 Å². The molecule has 0 aromatic rings. The maximum atomic E-state index is 11.9. The Labute approximate surface area is 227 Å². The third-order valence-corrected chi connectivity index (χ3v) is 5.88. The van der Waals surface area contributed by atoms with Crippen LogP contribution < -0.4 is 22.4 Å². The summed E-state index contributed by atoms with van der Waals surface area (Å²) in [7, 11) is 0. The Balaban J connectivity index is 4.03. The summed E-state index contributed by atoms with van der Waals surface area (Å²) in [6.07, 6.45) is 14.0. The molecule has 2 atom stereocenters. The van der Waals surface area contributed by atoms with E-state index in [2.05, 4.69) is 44.5 Å². The third kappa shape index (κ3) is 20.5. The monoisotopic (exact) mass is 544 g/mol. The lowest BCUT2D eigenvalue weighted by molar-refractivity contribution is -0.177. The fourth-order valence-corrected chi connectivity index (χ4v) is 3.54. The van der Waals surface area contributed by atoms with E-state index in [0.717, 1.165) is 38.5 Å². The molecule has 0 saturated carbocycles. The lowest BCUT2D eigenvalue weighted by Crippen LogP contribution is -2.47. The zero-order valence-electron chi connectivity index (χ0n) is 23.5. The molecule has 0 rings (SSSR count). The zero-order valence-corrected chi connectivity index (χ0v) is 23.5. The van der Waals surface area contributed by atoms with Crippen molar-refractivity contribution in [1.29, 1.82) is 0 Å². The largest absolute Gasteiger partial charge is 0.379 e. The molecule has 0 aliphatic rings. The smallest absolute Gasteiger partial charge is 0.363 e. The standard InChI is InChI=1S/C26H52N6O6/c1-3-5-7-9-11-13-15-17-19-29-25(27)31-37-23(35)21(33)22(34)24(36)38-32-26(28)30-20-18-16-14-12-10-8-6-4-2/h21-22,33-34H,3-20H2,1-2H3,(H3,27,29,31)(H3,28,30,32). The Hall–Kier alpha value is -2.60. The molecule has 0 aliphatic heterocycles. The van der Waals surface area contributed by atoms with E-state index in [1.165, 1.54) is 64.2 Å². The Bertz CT molecular complexity index is 621. The van der Waals surface area contributed by atoms with E-state index in [9.17, 15) is 19.8 Å². The summed E-state index contributed by atoms with van der Waals surface area (Å²) >= 11 is 0. The van der Waals surface area contributed by atoms with Crippen molar-refractivity contribution < 1.29 is 29.5 Å². The lowest BCUT2D eigenvalue weighted by Gasteiger charge is -2.15. The number of nitrogens with one attached hydrogen (secondary N) is 2. The van der Waals surface area contributed by atoms with Crippen molar-refractivity contribution in [3.8, 4) is 0 Å². The van der Waals surface area contributed by atoms with Gasteiger partial charge in [-0.25, -0.2) is 9.59 Å². The molecule has 0 aliphatic carbocycles. The molecule has 0 spiro atoms. The van der Waals surface area contributed by atoms with Gasteiger partial charge in [0.15, 0.2) is 12.2 Å². The summed E-state index contributed by atoms with van der Waals surface area (Å²) in [5, 5.41) is 19.7. The van der Waals surface area contributed by atoms with Gasteiger partial charge in [-0.05, 0) is 12.8 Å². The summed E-state index contributed by atoms with van der Waals surface area (Å²) in [5.74, 6) is -2.99. The van der Waals surface area contributed by atoms with E-state index in [1.54, 1.807) is 0 Å². The highest BCUT2D eigenvalue weighted by Crippen LogP contribution is 2.09. The molecule has 0 amide bonds. The van der Waals surface area contributed by atoms with Crippen molar-refractivity contribution in [3.63, 3.8) is 0 Å². The lowest BCUT2D eigenvalue weighted by atomic mass is 10.1. The average Bonchev–Trinajstić information content (AvgIpc) is 2.91. The van der Waals surface area contributed by atoms with Crippen LogP contribution in [0.1, 0.15) is 117 Å². The third-order valence-electron chi connectivity index (χ3n) is 5.88. The van der Waals surface area contributed by atoms with Gasteiger partial charge in [-0.1, -0.05) is 104 Å². The van der Waals surface area contributed by atoms with Crippen molar-refractivity contribution in [2.75, 3.05) is 13.1 Å². The number of unbranched alkanes of at least 4 members (excludes halogenated alkanes) is 14. The van der Waals surface area contributed by atoms with Crippen LogP contribution in [0, 0.1) is 0 Å². The van der Waals surface area contributed by atoms with Crippen molar-refractivity contribution >= 4 is 23.9 Å². The first kappa shape index (κ1) is 35.4. The molecule has 0 aromatic heterocycles. The van der Waals surface area contributed by atoms with Crippen LogP contribution in [0.4, 0.5) is 0 Å². The Morgan fingerprint density at radius 3 is 1.21 bits per heavy atom. The fraction of sp³-hybridized carbons (Fsp3) is 0.846. The number of hydroxylamine groups is 2. The Kier molecular flexibility index (Phi) is 23.0. The number of carbonyl (C=O) groups excluding carboxylic acids is 2. The van der Waals surface area contributed by atoms with E-state index in [4.69, 9.17) is 11.5 Å². The first-order chi connectivity index (χ1) is 18.3. The Morgan fingerprint density at radius 1 is 0.605 bits per heavy atom. The quantitative estimate of drug-likeness (QED) is 0.0541. The van der Waals surface area contributed by atoms with Crippen LogP contribution in [0.2, 0.25) is 0 Å². The van der Waals surface area contributed by atoms with Crippen LogP contribution in [0.3, 0.4) is 0 Å². The molecule has 0 radical (unpaired) electrons. The SMILES string of the molecule is CCCCCCCCCCN=C(N)NOC(=O)C(O)C(O)C(=O)ONC(N)=NCCCCCCCCCC. The maximum Gasteiger partial charge on any atom is 0.363 e. The second-order valence-corrected chi connectivity index (χ2v) is 9.42. The minimum Gasteiger partial charge on any atom is -0.379 e. The molecule has 8 N–H and O–H groups in total. The summed E-state index contributed by atoms with van der Waals surface area (Å²) in [6, 6.07) is 0. The number of hydrogen-bond acceptors (Lipinski definition) is 8. The van der Waals surface area contributed by atoms with Gasteiger partial charge in [-0.2, -0.15) is 11.0 Å². The molecule has 0 bridgehead atoms. The Morgan fingerprint density at radius 2 is 0.895 bits per heavy atom. The number of aliphatic hydroxyl groups excluding tert-OH is 2. The number of aliphatic imine (C=N–C) groups is 2. The van der Waals surface area contributed by atoms with Crippen LogP contribution in [-0.2, 0) is 19.3 Å². The summed E-state index contributed by atoms with van der Waals surface area (Å²) < 4.78 is 0. The van der Waals surface area contributed by atoms with Crippen LogP contribution in [0.25, 0.3) is 0 Å². The van der Waals surface area contributed by atoms with Crippen molar-refractivity contribution in [2.45, 2.75) is 129 Å². The molecule has 12 nitrogen and oxygen atoms in total. The first-order valence-corrected chi connectivity index (χ1v) is 14.2. The molecule has 38 heavy (non-hydrogen) atoms. The molecule has 0 fully saturated rings. The second-order valence-electron chi connectivity index (χ2n) is 9.42. The number of nitrogens with two attached hydrogens (primary N) is 2. The van der Waals surface area contributed by atoms with Gasteiger partial charge in [0.25, 0.3) is 0 Å². The van der Waals surface area contributed by atoms with Crippen LogP contribution in [-0.4, -0.2) is 59.4 Å². The van der Waals surface area contributed by atoms with Gasteiger partial charge in [-0.15, -0.1) is 0 Å².